The predicted molar refractivity (Wildman–Crippen MR) is 126 cm³/mol. The smallest absolute Gasteiger partial charge is 0.300 e. The van der Waals surface area contributed by atoms with Gasteiger partial charge in [-0.25, -0.2) is 0 Å². The fraction of sp³-hybridized carbons (Fsp3) is 0.619. The number of aryl methyl sites for hydroxylation is 1. The van der Waals surface area contributed by atoms with Crippen molar-refractivity contribution in [3.8, 4) is 0 Å². The van der Waals surface area contributed by atoms with E-state index in [0.717, 1.165) is 31.4 Å². The first-order chi connectivity index (χ1) is 15.8. The molecule has 188 valence electrons. The van der Waals surface area contributed by atoms with Crippen molar-refractivity contribution < 1.29 is 24.6 Å². The maximum Gasteiger partial charge on any atom is 0.300 e. The number of piperidine rings is 1. The van der Waals surface area contributed by atoms with Gasteiger partial charge in [-0.2, -0.15) is 15.1 Å². The van der Waals surface area contributed by atoms with Crippen molar-refractivity contribution >= 4 is 40.6 Å². The van der Waals surface area contributed by atoms with Crippen LogP contribution in [0.15, 0.2) is 6.20 Å². The molecule has 0 saturated carbocycles. The van der Waals surface area contributed by atoms with E-state index in [0.29, 0.717) is 44.2 Å². The molecule has 0 atom stereocenters. The van der Waals surface area contributed by atoms with E-state index in [9.17, 15) is 4.79 Å². The van der Waals surface area contributed by atoms with Gasteiger partial charge in [0.1, 0.15) is 11.4 Å². The van der Waals surface area contributed by atoms with E-state index < -0.39 is 17.5 Å². The summed E-state index contributed by atoms with van der Waals surface area (Å²) in [5.74, 6) is -0.529. The van der Waals surface area contributed by atoms with Gasteiger partial charge in [0.25, 0.3) is 11.9 Å². The maximum atomic E-state index is 12.7. The Labute approximate surface area is 197 Å². The second-order valence-electron chi connectivity index (χ2n) is 9.22. The van der Waals surface area contributed by atoms with Crippen molar-refractivity contribution in [2.24, 2.45) is 12.5 Å². The molecule has 2 saturated heterocycles. The Kier molecular flexibility index (Phi) is 8.37. The molecule has 2 aromatic rings. The minimum Gasteiger partial charge on any atom is -0.481 e. The monoisotopic (exact) mass is 478 g/mol. The van der Waals surface area contributed by atoms with Gasteiger partial charge >= 0.3 is 0 Å². The Bertz CT molecular complexity index is 1020. The molecule has 13 heteroatoms. The van der Waals surface area contributed by atoms with Gasteiger partial charge < -0.3 is 31.5 Å². The number of anilines is 2. The van der Waals surface area contributed by atoms with Crippen LogP contribution in [0, 0.1) is 5.41 Å². The van der Waals surface area contributed by atoms with Crippen molar-refractivity contribution in [1.82, 2.24) is 30.4 Å². The Morgan fingerprint density at radius 1 is 1.09 bits per heavy atom. The largest absolute Gasteiger partial charge is 0.481 e. The number of aromatic nitrogens is 4. The molecule has 2 fully saturated rings. The highest BCUT2D eigenvalue weighted by Crippen LogP contribution is 2.30. The molecule has 4 heterocycles. The lowest BCUT2D eigenvalue weighted by Gasteiger charge is -2.40. The molecule has 1 spiro atoms. The minimum absolute atomic E-state index is 0.0540. The summed E-state index contributed by atoms with van der Waals surface area (Å²) in [5, 5.41) is 26.4. The zero-order valence-electron chi connectivity index (χ0n) is 20.3. The number of carboxylic acid groups (broad SMARTS) is 2. The van der Waals surface area contributed by atoms with Crippen LogP contribution < -0.4 is 21.3 Å². The number of carboxylic acids is 2. The number of carbonyl (C=O) groups is 3. The van der Waals surface area contributed by atoms with E-state index in [-0.39, 0.29) is 11.3 Å². The number of hydrogen-bond acceptors (Lipinski definition) is 9. The summed E-state index contributed by atoms with van der Waals surface area (Å²) < 4.78 is 1.70. The molecule has 6 N–H and O–H groups in total. The number of aliphatic carboxylic acids is 2. The Morgan fingerprint density at radius 3 is 2.21 bits per heavy atom. The molecule has 2 aliphatic rings. The van der Waals surface area contributed by atoms with E-state index in [2.05, 4.69) is 44.4 Å². The van der Waals surface area contributed by atoms with Gasteiger partial charge in [-0.3, -0.25) is 19.1 Å². The SMILES string of the molecule is CC(=O)O.CC(=O)O.Cn1ncc2c(N)nc(N3CCC4(CC3)NCC(C)(C)CNC4=O)nc21. The van der Waals surface area contributed by atoms with Crippen LogP contribution >= 0.6 is 0 Å². The standard InChI is InChI=1S/C17H26N8O.2C2H4O2/c1-16(2)9-19-14(26)17(20-10-16)4-6-25(7-5-17)15-22-12(18)11-8-21-24(3)13(11)23-15;2*1-2(3)4/h8,20H,4-7,9-10H2,1-3H3,(H,19,26)(H2,18,22,23);2*1H3,(H,3,4). The van der Waals surface area contributed by atoms with Gasteiger partial charge in [0.05, 0.1) is 11.6 Å². The third-order valence-corrected chi connectivity index (χ3v) is 5.58. The molecule has 0 aliphatic carbocycles. The summed E-state index contributed by atoms with van der Waals surface area (Å²) in [7, 11) is 1.84. The highest BCUT2D eigenvalue weighted by molar-refractivity contribution is 5.88. The molecular weight excluding hydrogens is 444 g/mol. The Hall–Kier alpha value is -3.48. The number of nitrogens with one attached hydrogen (secondary N) is 2. The fourth-order valence-electron chi connectivity index (χ4n) is 3.71. The number of rotatable bonds is 1. The maximum absolute atomic E-state index is 12.7. The van der Waals surface area contributed by atoms with E-state index in [1.54, 1.807) is 10.9 Å². The van der Waals surface area contributed by atoms with Crippen LogP contribution in [0.25, 0.3) is 11.0 Å². The van der Waals surface area contributed by atoms with Gasteiger partial charge in [-0.15, -0.1) is 0 Å². The lowest BCUT2D eigenvalue weighted by molar-refractivity contribution is -0.135. The van der Waals surface area contributed by atoms with Gasteiger partial charge in [0, 0.05) is 47.1 Å². The molecule has 1 amide bonds. The average Bonchev–Trinajstić information content (AvgIpc) is 3.07. The molecule has 0 unspecified atom stereocenters. The quantitative estimate of drug-likeness (QED) is 0.377. The van der Waals surface area contributed by atoms with Gasteiger partial charge in [-0.1, -0.05) is 13.8 Å². The Morgan fingerprint density at radius 2 is 1.65 bits per heavy atom. The van der Waals surface area contributed by atoms with Crippen molar-refractivity contribution in [2.75, 3.05) is 36.8 Å². The summed E-state index contributed by atoms with van der Waals surface area (Å²) in [6, 6.07) is 0. The van der Waals surface area contributed by atoms with Gasteiger partial charge in [0.2, 0.25) is 11.9 Å². The molecule has 0 radical (unpaired) electrons. The van der Waals surface area contributed by atoms with Gasteiger partial charge in [-0.05, 0) is 18.3 Å². The normalized spacial score (nSPS) is 18.6. The van der Waals surface area contributed by atoms with Crippen molar-refractivity contribution in [1.29, 1.82) is 0 Å². The lowest BCUT2D eigenvalue weighted by atomic mass is 9.86. The first-order valence-electron chi connectivity index (χ1n) is 10.9. The second kappa shape index (κ2) is 10.6. The van der Waals surface area contributed by atoms with Crippen LogP contribution in [0.4, 0.5) is 11.8 Å². The number of nitrogens with zero attached hydrogens (tertiary/aromatic N) is 5. The zero-order chi connectivity index (χ0) is 25.7. The minimum atomic E-state index is -0.833. The predicted octanol–water partition coefficient (Wildman–Crippen LogP) is 0.212. The topological polar surface area (TPSA) is 189 Å². The van der Waals surface area contributed by atoms with Crippen molar-refractivity contribution in [2.45, 2.75) is 46.1 Å². The van der Waals surface area contributed by atoms with E-state index >= 15 is 0 Å². The van der Waals surface area contributed by atoms with Crippen LogP contribution in [-0.2, 0) is 21.4 Å². The lowest BCUT2D eigenvalue weighted by Crippen LogP contribution is -2.60. The van der Waals surface area contributed by atoms with E-state index in [1.807, 2.05) is 7.05 Å². The van der Waals surface area contributed by atoms with Crippen molar-refractivity contribution in [3.05, 3.63) is 6.20 Å². The number of nitrogen functional groups attached to an aromatic ring is 1. The average molecular weight is 479 g/mol. The molecule has 34 heavy (non-hydrogen) atoms. The van der Waals surface area contributed by atoms with Crippen LogP contribution in [0.5, 0.6) is 0 Å². The number of fused-ring (bicyclic) bond motifs is 1. The molecule has 0 bridgehead atoms. The summed E-state index contributed by atoms with van der Waals surface area (Å²) in [6.07, 6.45) is 3.10. The molecule has 0 aromatic carbocycles. The summed E-state index contributed by atoms with van der Waals surface area (Å²) in [4.78, 5) is 41.9. The molecule has 13 nitrogen and oxygen atoms in total. The molecule has 4 rings (SSSR count). The second-order valence-corrected chi connectivity index (χ2v) is 9.22. The molecule has 2 aromatic heterocycles. The highest BCUT2D eigenvalue weighted by Gasteiger charge is 2.44. The van der Waals surface area contributed by atoms with E-state index in [4.69, 9.17) is 25.5 Å². The summed E-state index contributed by atoms with van der Waals surface area (Å²) in [5.41, 5.74) is 6.35. The summed E-state index contributed by atoms with van der Waals surface area (Å²) in [6.45, 7) is 9.40. The first-order valence-corrected chi connectivity index (χ1v) is 10.9. The number of nitrogens with two attached hydrogens (primary N) is 1. The van der Waals surface area contributed by atoms with Crippen LogP contribution in [0.3, 0.4) is 0 Å². The third kappa shape index (κ3) is 6.76. The first kappa shape index (κ1) is 26.8. The van der Waals surface area contributed by atoms with E-state index in [1.165, 1.54) is 0 Å². The molecular formula is C21H34N8O5. The fourth-order valence-corrected chi connectivity index (χ4v) is 3.71. The van der Waals surface area contributed by atoms with Crippen LogP contribution in [-0.4, -0.2) is 79.5 Å². The van der Waals surface area contributed by atoms with Crippen LogP contribution in [0.2, 0.25) is 0 Å². The Balaban J connectivity index is 0.000000446. The number of hydrogen-bond donors (Lipinski definition) is 5. The number of carbonyl (C=O) groups excluding carboxylic acids is 1. The van der Waals surface area contributed by atoms with Crippen molar-refractivity contribution in [3.63, 3.8) is 0 Å². The van der Waals surface area contributed by atoms with Gasteiger partial charge in [0.15, 0.2) is 5.65 Å². The zero-order valence-corrected chi connectivity index (χ0v) is 20.3. The highest BCUT2D eigenvalue weighted by atomic mass is 16.4. The third-order valence-electron chi connectivity index (χ3n) is 5.58. The van der Waals surface area contributed by atoms with Crippen LogP contribution in [0.1, 0.15) is 40.5 Å². The summed E-state index contributed by atoms with van der Waals surface area (Å²) >= 11 is 0. The molecule has 2 aliphatic heterocycles. The number of amides is 1.